The normalized spacial score (nSPS) is 12.7. The molecule has 2 aromatic rings. The van der Waals surface area contributed by atoms with Crippen molar-refractivity contribution >= 4 is 16.8 Å². The summed E-state index contributed by atoms with van der Waals surface area (Å²) in [5, 5.41) is 1.14. The minimum atomic E-state index is 0.103. The van der Waals surface area contributed by atoms with Gasteiger partial charge in [0.1, 0.15) is 0 Å². The molecule has 108 valence electrons. The zero-order valence-corrected chi connectivity index (χ0v) is 13.1. The zero-order chi connectivity index (χ0) is 14.9. The Hall–Kier alpha value is -1.77. The number of carbonyl (C=O) groups excluding carboxylic acids is 1. The standard InChI is InChI=1S/C17H24N2O/c1-6-7-11(2)19(5)17(20)14-8-9-16-15(10-14)12(3)13(4)18-16/h8-11,18H,6-7H2,1-5H3. The van der Waals surface area contributed by atoms with Gasteiger partial charge in [-0.25, -0.2) is 0 Å². The fourth-order valence-electron chi connectivity index (χ4n) is 2.61. The van der Waals surface area contributed by atoms with Crippen LogP contribution >= 0.6 is 0 Å². The minimum absolute atomic E-state index is 0.103. The number of hydrogen-bond donors (Lipinski definition) is 1. The Bertz CT molecular complexity index is 627. The second kappa shape index (κ2) is 5.70. The second-order valence-corrected chi connectivity index (χ2v) is 5.69. The van der Waals surface area contributed by atoms with Crippen LogP contribution in [0.25, 0.3) is 10.9 Å². The van der Waals surface area contributed by atoms with Crippen molar-refractivity contribution in [3.8, 4) is 0 Å². The third kappa shape index (κ3) is 2.58. The molecule has 1 aromatic carbocycles. The third-order valence-corrected chi connectivity index (χ3v) is 4.24. The molecule has 3 heteroatoms. The fourth-order valence-corrected chi connectivity index (χ4v) is 2.61. The fraction of sp³-hybridized carbons (Fsp3) is 0.471. The Kier molecular flexibility index (Phi) is 4.17. The van der Waals surface area contributed by atoms with E-state index in [1.807, 2.05) is 30.1 Å². The predicted molar refractivity (Wildman–Crippen MR) is 84.2 cm³/mol. The number of rotatable bonds is 4. The molecule has 1 unspecified atom stereocenters. The number of carbonyl (C=O) groups is 1. The topological polar surface area (TPSA) is 36.1 Å². The van der Waals surface area contributed by atoms with Crippen LogP contribution in [0.15, 0.2) is 18.2 Å². The summed E-state index contributed by atoms with van der Waals surface area (Å²) >= 11 is 0. The van der Waals surface area contributed by atoms with E-state index >= 15 is 0 Å². The number of H-pyrrole nitrogens is 1. The van der Waals surface area contributed by atoms with Crippen molar-refractivity contribution in [1.82, 2.24) is 9.88 Å². The van der Waals surface area contributed by atoms with Crippen LogP contribution in [0, 0.1) is 13.8 Å². The van der Waals surface area contributed by atoms with E-state index in [4.69, 9.17) is 0 Å². The van der Waals surface area contributed by atoms with Gasteiger partial charge >= 0.3 is 0 Å². The van der Waals surface area contributed by atoms with Gasteiger partial charge in [-0.2, -0.15) is 0 Å². The summed E-state index contributed by atoms with van der Waals surface area (Å²) in [5.74, 6) is 0.103. The summed E-state index contributed by atoms with van der Waals surface area (Å²) < 4.78 is 0. The molecule has 0 fully saturated rings. The van der Waals surface area contributed by atoms with E-state index in [0.717, 1.165) is 35.0 Å². The molecular weight excluding hydrogens is 248 g/mol. The zero-order valence-electron chi connectivity index (χ0n) is 13.1. The molecule has 0 radical (unpaired) electrons. The smallest absolute Gasteiger partial charge is 0.253 e. The van der Waals surface area contributed by atoms with Crippen LogP contribution < -0.4 is 0 Å². The molecule has 1 heterocycles. The van der Waals surface area contributed by atoms with Crippen molar-refractivity contribution in [3.63, 3.8) is 0 Å². The lowest BCUT2D eigenvalue weighted by Crippen LogP contribution is -2.34. The van der Waals surface area contributed by atoms with Gasteiger partial charge in [-0.05, 0) is 51.0 Å². The van der Waals surface area contributed by atoms with Crippen molar-refractivity contribution in [2.75, 3.05) is 7.05 Å². The summed E-state index contributed by atoms with van der Waals surface area (Å²) in [6, 6.07) is 6.19. The number of amides is 1. The van der Waals surface area contributed by atoms with Gasteiger partial charge in [-0.3, -0.25) is 4.79 Å². The van der Waals surface area contributed by atoms with Gasteiger partial charge in [-0.15, -0.1) is 0 Å². The quantitative estimate of drug-likeness (QED) is 0.895. The summed E-state index contributed by atoms with van der Waals surface area (Å²) in [4.78, 5) is 17.7. The molecule has 0 saturated heterocycles. The monoisotopic (exact) mass is 272 g/mol. The molecule has 1 aromatic heterocycles. The minimum Gasteiger partial charge on any atom is -0.358 e. The van der Waals surface area contributed by atoms with E-state index in [0.29, 0.717) is 0 Å². The molecule has 0 saturated carbocycles. The van der Waals surface area contributed by atoms with Crippen molar-refractivity contribution in [1.29, 1.82) is 0 Å². The van der Waals surface area contributed by atoms with Crippen molar-refractivity contribution in [2.45, 2.75) is 46.6 Å². The largest absolute Gasteiger partial charge is 0.358 e. The van der Waals surface area contributed by atoms with Gasteiger partial charge < -0.3 is 9.88 Å². The first-order valence-electron chi connectivity index (χ1n) is 7.31. The molecule has 0 aliphatic heterocycles. The molecule has 3 nitrogen and oxygen atoms in total. The Labute approximate surface area is 121 Å². The lowest BCUT2D eigenvalue weighted by Gasteiger charge is -2.24. The maximum atomic E-state index is 12.5. The Morgan fingerprint density at radius 1 is 1.35 bits per heavy atom. The van der Waals surface area contributed by atoms with Crippen LogP contribution in [0.2, 0.25) is 0 Å². The lowest BCUT2D eigenvalue weighted by molar-refractivity contribution is 0.0737. The molecule has 0 bridgehead atoms. The maximum absolute atomic E-state index is 12.5. The highest BCUT2D eigenvalue weighted by Crippen LogP contribution is 2.23. The van der Waals surface area contributed by atoms with Gasteiger partial charge in [0.25, 0.3) is 5.91 Å². The summed E-state index contributed by atoms with van der Waals surface area (Å²) in [6.45, 7) is 8.40. The van der Waals surface area contributed by atoms with Crippen LogP contribution in [-0.2, 0) is 0 Å². The van der Waals surface area contributed by atoms with Gasteiger partial charge in [0, 0.05) is 35.2 Å². The third-order valence-electron chi connectivity index (χ3n) is 4.24. The van der Waals surface area contributed by atoms with Crippen molar-refractivity contribution < 1.29 is 4.79 Å². The van der Waals surface area contributed by atoms with Crippen LogP contribution in [0.5, 0.6) is 0 Å². The first-order chi connectivity index (χ1) is 9.45. The molecular formula is C17H24N2O. The second-order valence-electron chi connectivity index (χ2n) is 5.69. The van der Waals surface area contributed by atoms with Crippen LogP contribution in [0.3, 0.4) is 0 Å². The van der Waals surface area contributed by atoms with E-state index in [1.165, 1.54) is 5.56 Å². The Balaban J connectivity index is 2.33. The summed E-state index contributed by atoms with van der Waals surface area (Å²) in [6.07, 6.45) is 2.13. The van der Waals surface area contributed by atoms with E-state index in [1.54, 1.807) is 0 Å². The average Bonchev–Trinajstić information content (AvgIpc) is 2.72. The lowest BCUT2D eigenvalue weighted by atomic mass is 10.1. The average molecular weight is 272 g/mol. The highest BCUT2D eigenvalue weighted by atomic mass is 16.2. The van der Waals surface area contributed by atoms with Gasteiger partial charge in [0.05, 0.1) is 0 Å². The highest BCUT2D eigenvalue weighted by molar-refractivity contribution is 5.99. The number of aromatic nitrogens is 1. The van der Waals surface area contributed by atoms with Crippen LogP contribution in [0.4, 0.5) is 0 Å². The first kappa shape index (κ1) is 14.6. The Morgan fingerprint density at radius 3 is 2.70 bits per heavy atom. The summed E-state index contributed by atoms with van der Waals surface area (Å²) in [7, 11) is 1.89. The van der Waals surface area contributed by atoms with E-state index in [2.05, 4.69) is 32.7 Å². The molecule has 1 atom stereocenters. The predicted octanol–water partition coefficient (Wildman–Crippen LogP) is 4.05. The highest BCUT2D eigenvalue weighted by Gasteiger charge is 2.17. The molecule has 20 heavy (non-hydrogen) atoms. The van der Waals surface area contributed by atoms with Gasteiger partial charge in [0.15, 0.2) is 0 Å². The Morgan fingerprint density at radius 2 is 2.05 bits per heavy atom. The van der Waals surface area contributed by atoms with Crippen molar-refractivity contribution in [2.24, 2.45) is 0 Å². The number of fused-ring (bicyclic) bond motifs is 1. The number of benzene rings is 1. The van der Waals surface area contributed by atoms with Crippen molar-refractivity contribution in [3.05, 3.63) is 35.0 Å². The van der Waals surface area contributed by atoms with Gasteiger partial charge in [-0.1, -0.05) is 13.3 Å². The molecule has 0 spiro atoms. The number of hydrogen-bond acceptors (Lipinski definition) is 1. The number of nitrogens with zero attached hydrogens (tertiary/aromatic N) is 1. The van der Waals surface area contributed by atoms with Crippen LogP contribution in [-0.4, -0.2) is 28.9 Å². The maximum Gasteiger partial charge on any atom is 0.253 e. The molecule has 0 aliphatic carbocycles. The molecule has 0 aliphatic rings. The molecule has 1 amide bonds. The van der Waals surface area contributed by atoms with E-state index < -0.39 is 0 Å². The number of nitrogens with one attached hydrogen (secondary N) is 1. The number of aromatic amines is 1. The first-order valence-corrected chi connectivity index (χ1v) is 7.31. The molecule has 2 rings (SSSR count). The summed E-state index contributed by atoms with van der Waals surface area (Å²) in [5.41, 5.74) is 4.25. The SMILES string of the molecule is CCCC(C)N(C)C(=O)c1ccc2[nH]c(C)c(C)c2c1. The van der Waals surface area contributed by atoms with E-state index in [-0.39, 0.29) is 11.9 Å². The van der Waals surface area contributed by atoms with Gasteiger partial charge in [0.2, 0.25) is 0 Å². The van der Waals surface area contributed by atoms with Crippen LogP contribution in [0.1, 0.15) is 48.3 Å². The van der Waals surface area contributed by atoms with E-state index in [9.17, 15) is 4.79 Å². The number of aryl methyl sites for hydroxylation is 2. The molecule has 1 N–H and O–H groups in total.